The van der Waals surface area contributed by atoms with Crippen LogP contribution in [0, 0.1) is 11.7 Å². The molecule has 4 heteroatoms. The number of amides is 1. The predicted molar refractivity (Wildman–Crippen MR) is 88.8 cm³/mol. The summed E-state index contributed by atoms with van der Waals surface area (Å²) in [6.45, 7) is 0. The molecule has 1 heterocycles. The number of hydrogen-bond acceptors (Lipinski definition) is 1. The van der Waals surface area contributed by atoms with Crippen molar-refractivity contribution in [3.05, 3.63) is 66.1 Å². The van der Waals surface area contributed by atoms with Gasteiger partial charge in [-0.05, 0) is 42.2 Å². The molecule has 1 aliphatic carbocycles. The van der Waals surface area contributed by atoms with Crippen molar-refractivity contribution >= 4 is 22.5 Å². The van der Waals surface area contributed by atoms with Crippen LogP contribution in [0.5, 0.6) is 0 Å². The van der Waals surface area contributed by atoms with E-state index in [9.17, 15) is 9.18 Å². The van der Waals surface area contributed by atoms with Gasteiger partial charge in [-0.1, -0.05) is 24.3 Å². The minimum atomic E-state index is -0.224. The first-order valence-electron chi connectivity index (χ1n) is 7.74. The summed E-state index contributed by atoms with van der Waals surface area (Å²) in [6, 6.07) is 14.6. The zero-order chi connectivity index (χ0) is 16.0. The molecule has 23 heavy (non-hydrogen) atoms. The van der Waals surface area contributed by atoms with Crippen LogP contribution in [0.3, 0.4) is 0 Å². The third-order valence-electron chi connectivity index (χ3n) is 4.62. The molecule has 116 valence electrons. The van der Waals surface area contributed by atoms with Gasteiger partial charge in [-0.2, -0.15) is 0 Å². The fourth-order valence-corrected chi connectivity index (χ4v) is 3.24. The van der Waals surface area contributed by atoms with Crippen LogP contribution in [-0.4, -0.2) is 10.5 Å². The first kappa shape index (κ1) is 14.0. The van der Waals surface area contributed by atoms with E-state index in [1.807, 2.05) is 48.1 Å². The van der Waals surface area contributed by atoms with Crippen LogP contribution in [0.2, 0.25) is 0 Å². The average molecular weight is 308 g/mol. The van der Waals surface area contributed by atoms with Crippen molar-refractivity contribution in [2.75, 3.05) is 5.32 Å². The highest BCUT2D eigenvalue weighted by molar-refractivity contribution is 6.03. The van der Waals surface area contributed by atoms with Gasteiger partial charge in [0.15, 0.2) is 0 Å². The maximum Gasteiger partial charge on any atom is 0.228 e. The summed E-state index contributed by atoms with van der Waals surface area (Å²) < 4.78 is 15.8. The second kappa shape index (κ2) is 5.23. The highest BCUT2D eigenvalue weighted by Gasteiger charge is 2.45. The maximum absolute atomic E-state index is 13.8. The smallest absolute Gasteiger partial charge is 0.228 e. The Morgan fingerprint density at radius 2 is 2.00 bits per heavy atom. The molecule has 2 atom stereocenters. The minimum absolute atomic E-state index is 0.00817. The molecule has 0 bridgehead atoms. The summed E-state index contributed by atoms with van der Waals surface area (Å²) in [7, 11) is 1.98. The van der Waals surface area contributed by atoms with Crippen molar-refractivity contribution in [1.29, 1.82) is 0 Å². The minimum Gasteiger partial charge on any atom is -0.350 e. The van der Waals surface area contributed by atoms with Gasteiger partial charge in [-0.15, -0.1) is 0 Å². The van der Waals surface area contributed by atoms with Crippen LogP contribution in [0.25, 0.3) is 10.9 Å². The molecule has 0 saturated heterocycles. The molecule has 1 saturated carbocycles. The Morgan fingerprint density at radius 3 is 2.83 bits per heavy atom. The Labute approximate surface area is 133 Å². The summed E-state index contributed by atoms with van der Waals surface area (Å²) in [6.07, 6.45) is 2.68. The molecule has 1 amide bonds. The van der Waals surface area contributed by atoms with E-state index in [1.165, 1.54) is 6.07 Å². The molecule has 0 aliphatic heterocycles. The number of nitrogens with one attached hydrogen (secondary N) is 1. The van der Waals surface area contributed by atoms with Gasteiger partial charge in [0.1, 0.15) is 5.82 Å². The zero-order valence-corrected chi connectivity index (χ0v) is 12.8. The van der Waals surface area contributed by atoms with E-state index >= 15 is 0 Å². The molecular weight excluding hydrogens is 291 g/mol. The SMILES string of the molecule is Cn1ccc2c(NC(=O)C3CC3c3ccccc3F)cccc21. The number of aryl methyl sites for hydroxylation is 1. The lowest BCUT2D eigenvalue weighted by Gasteiger charge is -2.07. The van der Waals surface area contributed by atoms with E-state index in [4.69, 9.17) is 0 Å². The number of benzene rings is 2. The van der Waals surface area contributed by atoms with E-state index in [-0.39, 0.29) is 23.6 Å². The summed E-state index contributed by atoms with van der Waals surface area (Å²) >= 11 is 0. The molecule has 1 N–H and O–H groups in total. The molecule has 0 spiro atoms. The van der Waals surface area contributed by atoms with E-state index in [1.54, 1.807) is 12.1 Å². The summed E-state index contributed by atoms with van der Waals surface area (Å²) in [5.74, 6) is -0.412. The standard InChI is InChI=1S/C19H17FN2O/c1-22-10-9-13-17(7-4-8-18(13)22)21-19(23)15-11-14(15)12-5-2-3-6-16(12)20/h2-10,14-15H,11H2,1H3,(H,21,23). The van der Waals surface area contributed by atoms with Crippen LogP contribution in [0.1, 0.15) is 17.9 Å². The normalized spacial score (nSPS) is 19.7. The number of carbonyl (C=O) groups excluding carboxylic acids is 1. The van der Waals surface area contributed by atoms with Crippen molar-refractivity contribution in [2.45, 2.75) is 12.3 Å². The number of carbonyl (C=O) groups is 1. The first-order chi connectivity index (χ1) is 11.1. The third kappa shape index (κ3) is 2.40. The van der Waals surface area contributed by atoms with Crippen LogP contribution in [-0.2, 0) is 11.8 Å². The van der Waals surface area contributed by atoms with Gasteiger partial charge in [0, 0.05) is 30.1 Å². The van der Waals surface area contributed by atoms with Gasteiger partial charge in [-0.25, -0.2) is 4.39 Å². The molecule has 0 radical (unpaired) electrons. The lowest BCUT2D eigenvalue weighted by molar-refractivity contribution is -0.117. The zero-order valence-electron chi connectivity index (χ0n) is 12.8. The van der Waals surface area contributed by atoms with Crippen molar-refractivity contribution in [3.63, 3.8) is 0 Å². The number of anilines is 1. The second-order valence-corrected chi connectivity index (χ2v) is 6.12. The largest absolute Gasteiger partial charge is 0.350 e. The number of halogens is 1. The lowest BCUT2D eigenvalue weighted by Crippen LogP contribution is -2.14. The molecule has 2 unspecified atom stereocenters. The molecule has 1 aliphatic rings. The van der Waals surface area contributed by atoms with Gasteiger partial charge >= 0.3 is 0 Å². The highest BCUT2D eigenvalue weighted by atomic mass is 19.1. The second-order valence-electron chi connectivity index (χ2n) is 6.12. The Bertz CT molecular complexity index is 899. The van der Waals surface area contributed by atoms with E-state index in [0.29, 0.717) is 12.0 Å². The van der Waals surface area contributed by atoms with Crippen LogP contribution in [0.4, 0.5) is 10.1 Å². The molecule has 1 fully saturated rings. The molecule has 2 aromatic carbocycles. The van der Waals surface area contributed by atoms with E-state index in [0.717, 1.165) is 16.6 Å². The van der Waals surface area contributed by atoms with E-state index < -0.39 is 0 Å². The van der Waals surface area contributed by atoms with E-state index in [2.05, 4.69) is 5.32 Å². The monoisotopic (exact) mass is 308 g/mol. The van der Waals surface area contributed by atoms with Crippen molar-refractivity contribution in [3.8, 4) is 0 Å². The van der Waals surface area contributed by atoms with Gasteiger partial charge < -0.3 is 9.88 Å². The summed E-state index contributed by atoms with van der Waals surface area (Å²) in [5.41, 5.74) is 2.53. The molecule has 1 aromatic heterocycles. The number of aromatic nitrogens is 1. The Kier molecular flexibility index (Phi) is 3.18. The van der Waals surface area contributed by atoms with Gasteiger partial charge in [0.2, 0.25) is 5.91 Å². The Balaban J connectivity index is 1.54. The molecule has 3 aromatic rings. The fourth-order valence-electron chi connectivity index (χ4n) is 3.24. The van der Waals surface area contributed by atoms with Gasteiger partial charge in [0.05, 0.1) is 5.69 Å². The topological polar surface area (TPSA) is 34.0 Å². The quantitative estimate of drug-likeness (QED) is 0.778. The first-order valence-corrected chi connectivity index (χ1v) is 7.74. The molecular formula is C19H17FN2O. The van der Waals surface area contributed by atoms with Crippen molar-refractivity contribution in [1.82, 2.24) is 4.57 Å². The van der Waals surface area contributed by atoms with Crippen molar-refractivity contribution in [2.24, 2.45) is 13.0 Å². The number of hydrogen-bond donors (Lipinski definition) is 1. The van der Waals surface area contributed by atoms with Crippen LogP contribution >= 0.6 is 0 Å². The molecule has 3 nitrogen and oxygen atoms in total. The van der Waals surface area contributed by atoms with Crippen LogP contribution in [0.15, 0.2) is 54.7 Å². The lowest BCUT2D eigenvalue weighted by atomic mass is 10.1. The van der Waals surface area contributed by atoms with Gasteiger partial charge in [-0.3, -0.25) is 4.79 Å². The predicted octanol–water partition coefficient (Wildman–Crippen LogP) is 4.06. The summed E-state index contributed by atoms with van der Waals surface area (Å²) in [4.78, 5) is 12.5. The number of rotatable bonds is 3. The number of fused-ring (bicyclic) bond motifs is 1. The molecule has 4 rings (SSSR count). The summed E-state index contributed by atoms with van der Waals surface area (Å²) in [5, 5.41) is 4.02. The fraction of sp³-hybridized carbons (Fsp3) is 0.211. The Morgan fingerprint density at radius 1 is 1.17 bits per heavy atom. The average Bonchev–Trinajstić information content (AvgIpc) is 3.26. The van der Waals surface area contributed by atoms with Gasteiger partial charge in [0.25, 0.3) is 0 Å². The Hall–Kier alpha value is -2.62. The highest BCUT2D eigenvalue weighted by Crippen LogP contribution is 2.48. The van der Waals surface area contributed by atoms with Crippen LogP contribution < -0.4 is 5.32 Å². The van der Waals surface area contributed by atoms with Crippen molar-refractivity contribution < 1.29 is 9.18 Å². The maximum atomic E-state index is 13.8. The number of nitrogens with zero attached hydrogens (tertiary/aromatic N) is 1. The third-order valence-corrected chi connectivity index (χ3v) is 4.62.